The summed E-state index contributed by atoms with van der Waals surface area (Å²) in [5.74, 6) is 0.671. The molecule has 0 radical (unpaired) electrons. The number of hydrogen-bond acceptors (Lipinski definition) is 1. The first-order valence-electron chi connectivity index (χ1n) is 7.24. The van der Waals surface area contributed by atoms with Crippen LogP contribution in [-0.4, -0.2) is 6.54 Å². The molecule has 1 aromatic carbocycles. The minimum Gasteiger partial charge on any atom is -0.310 e. The van der Waals surface area contributed by atoms with Gasteiger partial charge in [0, 0.05) is 6.04 Å². The summed E-state index contributed by atoms with van der Waals surface area (Å²) in [6, 6.07) is 7.15. The number of nitrogens with one attached hydrogen (secondary N) is 1. The van der Waals surface area contributed by atoms with Crippen molar-refractivity contribution in [2.45, 2.75) is 51.5 Å². The van der Waals surface area contributed by atoms with Gasteiger partial charge < -0.3 is 5.32 Å². The van der Waals surface area contributed by atoms with Gasteiger partial charge in [0.15, 0.2) is 0 Å². The Balaban J connectivity index is 1.80. The van der Waals surface area contributed by atoms with Crippen LogP contribution >= 0.6 is 0 Å². The summed E-state index contributed by atoms with van der Waals surface area (Å²) >= 11 is 0. The van der Waals surface area contributed by atoms with Gasteiger partial charge in [0.2, 0.25) is 0 Å². The Labute approximate surface area is 110 Å². The molecule has 0 aromatic heterocycles. The van der Waals surface area contributed by atoms with Gasteiger partial charge in [-0.3, -0.25) is 0 Å². The fraction of sp³-hybridized carbons (Fsp3) is 0.625. The summed E-state index contributed by atoms with van der Waals surface area (Å²) in [5.41, 5.74) is 1.17. The molecular weight excluding hydrogens is 225 g/mol. The number of halogens is 1. The molecule has 0 saturated heterocycles. The van der Waals surface area contributed by atoms with Crippen molar-refractivity contribution in [1.29, 1.82) is 0 Å². The van der Waals surface area contributed by atoms with Gasteiger partial charge in [0.25, 0.3) is 0 Å². The highest BCUT2D eigenvalue weighted by atomic mass is 19.1. The zero-order valence-corrected chi connectivity index (χ0v) is 11.3. The minimum absolute atomic E-state index is 0.158. The summed E-state index contributed by atoms with van der Waals surface area (Å²) in [6.45, 7) is 3.25. The van der Waals surface area contributed by atoms with Crippen molar-refractivity contribution >= 4 is 0 Å². The summed E-state index contributed by atoms with van der Waals surface area (Å²) in [5, 5.41) is 3.59. The maximum Gasteiger partial charge on any atom is 0.123 e. The van der Waals surface area contributed by atoms with Crippen LogP contribution in [0.25, 0.3) is 0 Å². The Morgan fingerprint density at radius 1 is 1.11 bits per heavy atom. The normalized spacial score (nSPS) is 19.4. The van der Waals surface area contributed by atoms with Crippen LogP contribution in [0.3, 0.4) is 0 Å². The molecule has 2 heteroatoms. The molecule has 1 aromatic rings. The summed E-state index contributed by atoms with van der Waals surface area (Å²) in [7, 11) is 0. The first-order chi connectivity index (χ1) is 8.75. The molecule has 2 rings (SSSR count). The largest absolute Gasteiger partial charge is 0.310 e. The molecule has 1 nitrogen and oxygen atoms in total. The van der Waals surface area contributed by atoms with Crippen LogP contribution < -0.4 is 5.32 Å². The van der Waals surface area contributed by atoms with Gasteiger partial charge in [0.1, 0.15) is 5.82 Å². The molecule has 0 bridgehead atoms. The van der Waals surface area contributed by atoms with Crippen molar-refractivity contribution in [3.05, 3.63) is 35.6 Å². The molecule has 1 aliphatic rings. The standard InChI is InChI=1S/C16H24FN/c1-13(15-8-10-16(17)11-9-15)18-12-14-6-4-2-3-5-7-14/h8-11,13-14,18H,2-7,12H2,1H3. The third-order valence-corrected chi connectivity index (χ3v) is 4.06. The molecule has 1 unspecified atom stereocenters. The first kappa shape index (κ1) is 13.5. The minimum atomic E-state index is -0.158. The second kappa shape index (κ2) is 6.89. The number of benzene rings is 1. The third kappa shape index (κ3) is 4.09. The summed E-state index contributed by atoms with van der Waals surface area (Å²) in [4.78, 5) is 0. The smallest absolute Gasteiger partial charge is 0.123 e. The molecule has 0 spiro atoms. The molecule has 1 fully saturated rings. The van der Waals surface area contributed by atoms with Gasteiger partial charge in [-0.25, -0.2) is 4.39 Å². The highest BCUT2D eigenvalue weighted by Crippen LogP contribution is 2.23. The molecule has 0 amide bonds. The fourth-order valence-corrected chi connectivity index (χ4v) is 2.78. The van der Waals surface area contributed by atoms with E-state index in [1.807, 2.05) is 12.1 Å². The van der Waals surface area contributed by atoms with Gasteiger partial charge in [-0.15, -0.1) is 0 Å². The van der Waals surface area contributed by atoms with E-state index in [4.69, 9.17) is 0 Å². The van der Waals surface area contributed by atoms with Crippen molar-refractivity contribution in [3.8, 4) is 0 Å². The summed E-state index contributed by atoms with van der Waals surface area (Å²) < 4.78 is 12.9. The quantitative estimate of drug-likeness (QED) is 0.777. The maximum absolute atomic E-state index is 12.9. The van der Waals surface area contributed by atoms with Gasteiger partial charge in [-0.1, -0.05) is 37.8 Å². The monoisotopic (exact) mass is 249 g/mol. The molecule has 100 valence electrons. The van der Waals surface area contributed by atoms with Crippen molar-refractivity contribution in [1.82, 2.24) is 5.32 Å². The lowest BCUT2D eigenvalue weighted by Gasteiger charge is -2.19. The topological polar surface area (TPSA) is 12.0 Å². The Kier molecular flexibility index (Phi) is 5.18. The SMILES string of the molecule is CC(NCC1CCCCCC1)c1ccc(F)cc1. The van der Waals surface area contributed by atoms with Crippen LogP contribution in [0.15, 0.2) is 24.3 Å². The fourth-order valence-electron chi connectivity index (χ4n) is 2.78. The zero-order valence-electron chi connectivity index (χ0n) is 11.3. The van der Waals surface area contributed by atoms with E-state index in [2.05, 4.69) is 12.2 Å². The van der Waals surface area contributed by atoms with Crippen LogP contribution in [0.1, 0.15) is 57.1 Å². The van der Waals surface area contributed by atoms with E-state index in [1.165, 1.54) is 44.1 Å². The molecule has 1 aliphatic carbocycles. The molecule has 0 heterocycles. The number of hydrogen-bond donors (Lipinski definition) is 1. The van der Waals surface area contributed by atoms with Crippen LogP contribution in [0.4, 0.5) is 4.39 Å². The van der Waals surface area contributed by atoms with E-state index in [1.54, 1.807) is 12.1 Å². The van der Waals surface area contributed by atoms with Crippen molar-refractivity contribution in [2.75, 3.05) is 6.54 Å². The summed E-state index contributed by atoms with van der Waals surface area (Å²) in [6.07, 6.45) is 8.31. The highest BCUT2D eigenvalue weighted by Gasteiger charge is 2.13. The third-order valence-electron chi connectivity index (χ3n) is 4.06. The highest BCUT2D eigenvalue weighted by molar-refractivity contribution is 5.19. The Morgan fingerprint density at radius 2 is 1.72 bits per heavy atom. The van der Waals surface area contributed by atoms with Crippen molar-refractivity contribution < 1.29 is 4.39 Å². The van der Waals surface area contributed by atoms with Crippen LogP contribution in [0.5, 0.6) is 0 Å². The molecule has 0 aliphatic heterocycles. The van der Waals surface area contributed by atoms with Crippen molar-refractivity contribution in [3.63, 3.8) is 0 Å². The van der Waals surface area contributed by atoms with E-state index in [-0.39, 0.29) is 5.82 Å². The average molecular weight is 249 g/mol. The molecular formula is C16H24FN. The Hall–Kier alpha value is -0.890. The number of rotatable bonds is 4. The Bertz CT molecular complexity index is 339. The first-order valence-corrected chi connectivity index (χ1v) is 7.24. The van der Waals surface area contributed by atoms with E-state index in [0.717, 1.165) is 12.5 Å². The second-order valence-electron chi connectivity index (χ2n) is 5.54. The predicted molar refractivity (Wildman–Crippen MR) is 74.0 cm³/mol. The van der Waals surface area contributed by atoms with Gasteiger partial charge in [0.05, 0.1) is 0 Å². The van der Waals surface area contributed by atoms with Crippen LogP contribution in [0.2, 0.25) is 0 Å². The van der Waals surface area contributed by atoms with E-state index < -0.39 is 0 Å². The van der Waals surface area contributed by atoms with Crippen LogP contribution in [-0.2, 0) is 0 Å². The van der Waals surface area contributed by atoms with E-state index >= 15 is 0 Å². The van der Waals surface area contributed by atoms with Crippen LogP contribution in [0, 0.1) is 11.7 Å². The lowest BCUT2D eigenvalue weighted by molar-refractivity contribution is 0.403. The van der Waals surface area contributed by atoms with Crippen molar-refractivity contribution in [2.24, 2.45) is 5.92 Å². The zero-order chi connectivity index (χ0) is 12.8. The predicted octanol–water partition coefficient (Wildman–Crippen LogP) is 4.45. The average Bonchev–Trinajstić information content (AvgIpc) is 2.65. The second-order valence-corrected chi connectivity index (χ2v) is 5.54. The van der Waals surface area contributed by atoms with E-state index in [0.29, 0.717) is 6.04 Å². The molecule has 1 N–H and O–H groups in total. The van der Waals surface area contributed by atoms with Gasteiger partial charge in [-0.05, 0) is 49.9 Å². The molecule has 1 atom stereocenters. The Morgan fingerprint density at radius 3 is 2.33 bits per heavy atom. The van der Waals surface area contributed by atoms with E-state index in [9.17, 15) is 4.39 Å². The molecule has 1 saturated carbocycles. The lowest BCUT2D eigenvalue weighted by atomic mass is 9.99. The van der Waals surface area contributed by atoms with Gasteiger partial charge >= 0.3 is 0 Å². The van der Waals surface area contributed by atoms with Gasteiger partial charge in [-0.2, -0.15) is 0 Å². The molecule has 18 heavy (non-hydrogen) atoms. The maximum atomic E-state index is 12.9. The lowest BCUT2D eigenvalue weighted by Crippen LogP contribution is -2.25.